The van der Waals surface area contributed by atoms with Crippen molar-refractivity contribution in [3.8, 4) is 0 Å². The third-order valence-corrected chi connectivity index (χ3v) is 1.86. The van der Waals surface area contributed by atoms with E-state index in [1.165, 1.54) is 6.07 Å². The van der Waals surface area contributed by atoms with Gasteiger partial charge in [0.2, 0.25) is 0 Å². The van der Waals surface area contributed by atoms with Gasteiger partial charge in [0, 0.05) is 0 Å². The minimum absolute atomic E-state index is 0.0181. The van der Waals surface area contributed by atoms with Crippen molar-refractivity contribution in [3.05, 3.63) is 34.9 Å². The molecule has 5 nitrogen and oxygen atoms in total. The molecular formula is C9H10N2O3. The van der Waals surface area contributed by atoms with Gasteiger partial charge in [0.1, 0.15) is 0 Å². The first kappa shape index (κ1) is 10.2. The largest absolute Gasteiger partial charge is 0.478 e. The van der Waals surface area contributed by atoms with Crippen molar-refractivity contribution >= 4 is 11.9 Å². The van der Waals surface area contributed by atoms with Gasteiger partial charge in [0.25, 0.3) is 5.91 Å². The molecule has 1 rings (SSSR count). The summed E-state index contributed by atoms with van der Waals surface area (Å²) in [6.07, 6.45) is 0. The fourth-order valence-electron chi connectivity index (χ4n) is 1.22. The van der Waals surface area contributed by atoms with E-state index in [4.69, 9.17) is 10.9 Å². The number of amides is 1. The number of aryl methyl sites for hydroxylation is 1. The Morgan fingerprint density at radius 2 is 2.07 bits per heavy atom. The highest BCUT2D eigenvalue weighted by molar-refractivity contribution is 6.05. The third-order valence-electron chi connectivity index (χ3n) is 1.86. The molecule has 0 spiro atoms. The van der Waals surface area contributed by atoms with Crippen LogP contribution < -0.4 is 11.3 Å². The van der Waals surface area contributed by atoms with Gasteiger partial charge in [-0.15, -0.1) is 0 Å². The number of benzene rings is 1. The van der Waals surface area contributed by atoms with E-state index in [-0.39, 0.29) is 11.1 Å². The quantitative estimate of drug-likeness (QED) is 0.358. The zero-order chi connectivity index (χ0) is 10.7. The highest BCUT2D eigenvalue weighted by Gasteiger charge is 2.17. The zero-order valence-electron chi connectivity index (χ0n) is 7.57. The average molecular weight is 194 g/mol. The van der Waals surface area contributed by atoms with E-state index >= 15 is 0 Å². The highest BCUT2D eigenvalue weighted by atomic mass is 16.4. The third kappa shape index (κ3) is 1.72. The number of aromatic carboxylic acids is 1. The number of carbonyl (C=O) groups excluding carboxylic acids is 1. The molecule has 0 saturated carbocycles. The fourth-order valence-corrected chi connectivity index (χ4v) is 1.22. The lowest BCUT2D eigenvalue weighted by molar-refractivity contribution is 0.0690. The Balaban J connectivity index is 3.35. The predicted molar refractivity (Wildman–Crippen MR) is 49.8 cm³/mol. The first-order valence-corrected chi connectivity index (χ1v) is 3.91. The number of carboxylic acids is 1. The summed E-state index contributed by atoms with van der Waals surface area (Å²) in [5, 5.41) is 8.87. The minimum atomic E-state index is -1.14. The maximum Gasteiger partial charge on any atom is 0.336 e. The smallest absolute Gasteiger partial charge is 0.336 e. The zero-order valence-corrected chi connectivity index (χ0v) is 7.57. The molecule has 14 heavy (non-hydrogen) atoms. The van der Waals surface area contributed by atoms with Crippen LogP contribution in [0, 0.1) is 6.92 Å². The summed E-state index contributed by atoms with van der Waals surface area (Å²) in [6.45, 7) is 1.62. The van der Waals surface area contributed by atoms with E-state index in [1.807, 2.05) is 5.43 Å². The number of carboxylic acid groups (broad SMARTS) is 1. The molecule has 0 unspecified atom stereocenters. The summed E-state index contributed by atoms with van der Waals surface area (Å²) in [5.74, 6) is 3.19. The van der Waals surface area contributed by atoms with Crippen molar-refractivity contribution in [1.82, 2.24) is 5.43 Å². The number of hydrogen-bond donors (Lipinski definition) is 3. The van der Waals surface area contributed by atoms with Crippen molar-refractivity contribution in [2.45, 2.75) is 6.92 Å². The Kier molecular flexibility index (Phi) is 2.83. The van der Waals surface area contributed by atoms with Crippen molar-refractivity contribution in [2.24, 2.45) is 5.84 Å². The van der Waals surface area contributed by atoms with Crippen molar-refractivity contribution in [3.63, 3.8) is 0 Å². The van der Waals surface area contributed by atoms with Crippen LogP contribution in [0.5, 0.6) is 0 Å². The van der Waals surface area contributed by atoms with Crippen LogP contribution in [0.3, 0.4) is 0 Å². The number of nitrogens with two attached hydrogens (primary N) is 1. The molecule has 1 amide bonds. The van der Waals surface area contributed by atoms with Crippen molar-refractivity contribution in [2.75, 3.05) is 0 Å². The monoisotopic (exact) mass is 194 g/mol. The van der Waals surface area contributed by atoms with Crippen LogP contribution in [0.2, 0.25) is 0 Å². The number of rotatable bonds is 2. The Morgan fingerprint density at radius 1 is 1.43 bits per heavy atom. The van der Waals surface area contributed by atoms with Gasteiger partial charge < -0.3 is 5.11 Å². The Bertz CT molecular complexity index is 388. The van der Waals surface area contributed by atoms with Crippen LogP contribution >= 0.6 is 0 Å². The summed E-state index contributed by atoms with van der Waals surface area (Å²) < 4.78 is 0. The van der Waals surface area contributed by atoms with E-state index in [2.05, 4.69) is 0 Å². The molecule has 1 aromatic rings. The van der Waals surface area contributed by atoms with Crippen LogP contribution in [0.1, 0.15) is 26.3 Å². The van der Waals surface area contributed by atoms with Gasteiger partial charge >= 0.3 is 5.97 Å². The van der Waals surface area contributed by atoms with Gasteiger partial charge in [-0.05, 0) is 18.6 Å². The second-order valence-electron chi connectivity index (χ2n) is 2.78. The van der Waals surface area contributed by atoms with Gasteiger partial charge in [-0.1, -0.05) is 12.1 Å². The first-order chi connectivity index (χ1) is 6.57. The van der Waals surface area contributed by atoms with E-state index < -0.39 is 11.9 Å². The molecule has 0 aliphatic carbocycles. The van der Waals surface area contributed by atoms with Crippen LogP contribution in [0.15, 0.2) is 18.2 Å². The lowest BCUT2D eigenvalue weighted by Gasteiger charge is -2.06. The van der Waals surface area contributed by atoms with Gasteiger partial charge in [-0.2, -0.15) is 0 Å². The summed E-state index contributed by atoms with van der Waals surface area (Å²) >= 11 is 0. The molecular weight excluding hydrogens is 184 g/mol. The van der Waals surface area contributed by atoms with E-state index in [0.29, 0.717) is 5.56 Å². The summed E-state index contributed by atoms with van der Waals surface area (Å²) in [4.78, 5) is 22.0. The molecule has 0 saturated heterocycles. The molecule has 0 heterocycles. The number of carbonyl (C=O) groups is 2. The molecule has 1 aromatic carbocycles. The Hall–Kier alpha value is -1.88. The standard InChI is InChI=1S/C9H10N2O3/c1-5-3-2-4-6(8(12)11-10)7(5)9(13)14/h2-4H,10H2,1H3,(H,11,12)(H,13,14). The molecule has 0 aliphatic heterocycles. The van der Waals surface area contributed by atoms with Crippen LogP contribution in [-0.2, 0) is 0 Å². The number of hydrazine groups is 1. The molecule has 0 radical (unpaired) electrons. The second-order valence-corrected chi connectivity index (χ2v) is 2.78. The second kappa shape index (κ2) is 3.89. The van der Waals surface area contributed by atoms with Crippen LogP contribution in [-0.4, -0.2) is 17.0 Å². The average Bonchev–Trinajstić information content (AvgIpc) is 2.15. The molecule has 0 fully saturated rings. The van der Waals surface area contributed by atoms with Gasteiger partial charge in [-0.25, -0.2) is 10.6 Å². The SMILES string of the molecule is Cc1cccc(C(=O)NN)c1C(=O)O. The number of hydrogen-bond acceptors (Lipinski definition) is 3. The molecule has 4 N–H and O–H groups in total. The van der Waals surface area contributed by atoms with Crippen molar-refractivity contribution in [1.29, 1.82) is 0 Å². The van der Waals surface area contributed by atoms with E-state index in [1.54, 1.807) is 19.1 Å². The molecule has 5 heteroatoms. The topological polar surface area (TPSA) is 92.4 Å². The highest BCUT2D eigenvalue weighted by Crippen LogP contribution is 2.13. The van der Waals surface area contributed by atoms with Crippen molar-refractivity contribution < 1.29 is 14.7 Å². The molecule has 0 aliphatic rings. The maximum absolute atomic E-state index is 11.2. The lowest BCUT2D eigenvalue weighted by atomic mass is 10.0. The molecule has 0 atom stereocenters. The van der Waals surface area contributed by atoms with Crippen LogP contribution in [0.25, 0.3) is 0 Å². The Morgan fingerprint density at radius 3 is 2.57 bits per heavy atom. The Labute approximate surface area is 80.5 Å². The molecule has 0 aromatic heterocycles. The van der Waals surface area contributed by atoms with Gasteiger partial charge in [-0.3, -0.25) is 10.2 Å². The van der Waals surface area contributed by atoms with Gasteiger partial charge in [0.15, 0.2) is 0 Å². The fraction of sp³-hybridized carbons (Fsp3) is 0.111. The molecule has 0 bridgehead atoms. The van der Waals surface area contributed by atoms with E-state index in [0.717, 1.165) is 0 Å². The normalized spacial score (nSPS) is 9.57. The first-order valence-electron chi connectivity index (χ1n) is 3.91. The minimum Gasteiger partial charge on any atom is -0.478 e. The lowest BCUT2D eigenvalue weighted by Crippen LogP contribution is -2.31. The van der Waals surface area contributed by atoms with Gasteiger partial charge in [0.05, 0.1) is 11.1 Å². The van der Waals surface area contributed by atoms with Crippen LogP contribution in [0.4, 0.5) is 0 Å². The van der Waals surface area contributed by atoms with E-state index in [9.17, 15) is 9.59 Å². The molecule has 74 valence electrons. The summed E-state index contributed by atoms with van der Waals surface area (Å²) in [5.41, 5.74) is 2.48. The predicted octanol–water partition coefficient (Wildman–Crippen LogP) is 0.297. The number of nitrogens with one attached hydrogen (secondary N) is 1. The summed E-state index contributed by atoms with van der Waals surface area (Å²) in [7, 11) is 0. The maximum atomic E-state index is 11.2. The summed E-state index contributed by atoms with van der Waals surface area (Å²) in [6, 6.07) is 4.64. The number of nitrogen functional groups attached to an aromatic ring is 1.